The monoisotopic (exact) mass is 218 g/mol. The summed E-state index contributed by atoms with van der Waals surface area (Å²) in [5.74, 6) is 0. The van der Waals surface area contributed by atoms with Gasteiger partial charge in [-0.05, 0) is 6.92 Å². The molecule has 0 aliphatic rings. The van der Waals surface area contributed by atoms with Crippen molar-refractivity contribution >= 4 is 19.1 Å². The van der Waals surface area contributed by atoms with Crippen molar-refractivity contribution in [2.75, 3.05) is 0 Å². The van der Waals surface area contributed by atoms with Crippen LogP contribution in [0, 0.1) is 0 Å². The van der Waals surface area contributed by atoms with E-state index < -0.39 is 0 Å². The van der Waals surface area contributed by atoms with Crippen molar-refractivity contribution in [3.63, 3.8) is 0 Å². The van der Waals surface area contributed by atoms with E-state index in [9.17, 15) is 0 Å². The van der Waals surface area contributed by atoms with Crippen molar-refractivity contribution in [1.29, 1.82) is 0 Å². The second-order valence-electron chi connectivity index (χ2n) is 0.453. The van der Waals surface area contributed by atoms with Crippen LogP contribution in [-0.2, 0) is 15.9 Å². The number of hydrogen-bond donors (Lipinski definition) is 0. The van der Waals surface area contributed by atoms with Gasteiger partial charge < -0.3 is 0 Å². The summed E-state index contributed by atoms with van der Waals surface area (Å²) in [5.41, 5.74) is 0. The van der Waals surface area contributed by atoms with Crippen LogP contribution in [0.1, 0.15) is 6.92 Å². The van der Waals surface area contributed by atoms with Gasteiger partial charge in [0.2, 0.25) is 0 Å². The van der Waals surface area contributed by atoms with E-state index in [0.717, 1.165) is 0 Å². The first-order chi connectivity index (χ1) is 2.83. The molecule has 6 heavy (non-hydrogen) atoms. The van der Waals surface area contributed by atoms with Crippen molar-refractivity contribution in [1.82, 2.24) is 0 Å². The molecule has 0 heterocycles. The van der Waals surface area contributed by atoms with E-state index in [1.807, 2.05) is 6.92 Å². The fraction of sp³-hybridized carbons (Fsp3) is 0.333. The average molecular weight is 219 g/mol. The fourth-order valence-corrected chi connectivity index (χ4v) is 0. The van der Waals surface area contributed by atoms with E-state index >= 15 is 0 Å². The molecular formula is C3H6Cl2Pd. The SMILES string of the molecule is C=CC.[Cl][Pd][Cl]. The zero-order chi connectivity index (χ0) is 5.41. The molecule has 0 atom stereocenters. The second kappa shape index (κ2) is 16.7. The summed E-state index contributed by atoms with van der Waals surface area (Å²) in [5, 5.41) is 0. The molecule has 0 aliphatic heterocycles. The standard InChI is InChI=1S/C3H6.2ClH.Pd/c1-3-2;;;/h3H,1H2,2H3;2*1H;/q;;;+2/p-2. The first kappa shape index (κ1) is 10.1. The van der Waals surface area contributed by atoms with E-state index in [0.29, 0.717) is 0 Å². The molecule has 0 nitrogen and oxygen atoms in total. The summed E-state index contributed by atoms with van der Waals surface area (Å²) in [7, 11) is 9.63. The van der Waals surface area contributed by atoms with Crippen LogP contribution in [0.25, 0.3) is 0 Å². The topological polar surface area (TPSA) is 0 Å². The first-order valence-corrected chi connectivity index (χ1v) is 5.23. The number of hydrogen-bond acceptors (Lipinski definition) is 0. The van der Waals surface area contributed by atoms with Gasteiger partial charge in [-0.3, -0.25) is 0 Å². The molecule has 0 saturated carbocycles. The predicted molar refractivity (Wildman–Crippen MR) is 27.6 cm³/mol. The molecule has 0 aromatic heterocycles. The van der Waals surface area contributed by atoms with Crippen molar-refractivity contribution in [3.8, 4) is 0 Å². The van der Waals surface area contributed by atoms with Crippen LogP contribution < -0.4 is 0 Å². The van der Waals surface area contributed by atoms with Crippen LogP contribution in [0.15, 0.2) is 12.7 Å². The van der Waals surface area contributed by atoms with Crippen molar-refractivity contribution in [2.24, 2.45) is 0 Å². The minimum absolute atomic E-state index is 0.106. The maximum absolute atomic E-state index is 4.81. The molecule has 0 bridgehead atoms. The zero-order valence-corrected chi connectivity index (χ0v) is 6.42. The van der Waals surface area contributed by atoms with Gasteiger partial charge in [0.1, 0.15) is 0 Å². The van der Waals surface area contributed by atoms with Crippen LogP contribution >= 0.6 is 19.1 Å². The Labute approximate surface area is 54.6 Å². The molecule has 0 aliphatic carbocycles. The Balaban J connectivity index is 0. The van der Waals surface area contributed by atoms with Gasteiger partial charge in [-0.1, -0.05) is 6.08 Å². The third-order valence-corrected chi connectivity index (χ3v) is 0. The molecule has 0 aromatic carbocycles. The van der Waals surface area contributed by atoms with Crippen molar-refractivity contribution < 1.29 is 15.9 Å². The van der Waals surface area contributed by atoms with Crippen LogP contribution in [0.3, 0.4) is 0 Å². The molecule has 0 radical (unpaired) electrons. The van der Waals surface area contributed by atoms with E-state index in [1.54, 1.807) is 6.08 Å². The summed E-state index contributed by atoms with van der Waals surface area (Å²) in [6.45, 7) is 5.25. The molecule has 0 aromatic rings. The van der Waals surface area contributed by atoms with E-state index in [4.69, 9.17) is 19.1 Å². The minimum atomic E-state index is -0.106. The Kier molecular flexibility index (Phi) is 28.0. The van der Waals surface area contributed by atoms with Crippen LogP contribution in [0.5, 0.6) is 0 Å². The number of rotatable bonds is 0. The van der Waals surface area contributed by atoms with Gasteiger partial charge in [0.15, 0.2) is 0 Å². The Bertz CT molecular complexity index is 22.8. The Morgan fingerprint density at radius 3 is 1.67 bits per heavy atom. The molecule has 0 unspecified atom stereocenters. The third-order valence-electron chi connectivity index (χ3n) is 0. The average Bonchev–Trinajstić information content (AvgIpc) is 1.39. The third kappa shape index (κ3) is 81.9. The molecule has 0 amide bonds. The van der Waals surface area contributed by atoms with Gasteiger partial charge in [0.25, 0.3) is 0 Å². The van der Waals surface area contributed by atoms with Gasteiger partial charge in [0, 0.05) is 0 Å². The molecule has 3 heteroatoms. The predicted octanol–water partition coefficient (Wildman–Crippen LogP) is 2.57. The second-order valence-corrected chi connectivity index (χ2v) is 2.81. The van der Waals surface area contributed by atoms with Crippen LogP contribution in [0.2, 0.25) is 0 Å². The summed E-state index contributed by atoms with van der Waals surface area (Å²) < 4.78 is 0. The first-order valence-electron chi connectivity index (χ1n) is 1.22. The van der Waals surface area contributed by atoms with Gasteiger partial charge in [0.05, 0.1) is 0 Å². The van der Waals surface area contributed by atoms with Crippen molar-refractivity contribution in [2.45, 2.75) is 6.92 Å². The molecule has 0 saturated heterocycles. The Morgan fingerprint density at radius 2 is 1.67 bits per heavy atom. The van der Waals surface area contributed by atoms with E-state index in [2.05, 4.69) is 6.58 Å². The van der Waals surface area contributed by atoms with Gasteiger partial charge in [-0.2, -0.15) is 0 Å². The van der Waals surface area contributed by atoms with Crippen molar-refractivity contribution in [3.05, 3.63) is 12.7 Å². The van der Waals surface area contributed by atoms with E-state index in [1.165, 1.54) is 0 Å². The summed E-state index contributed by atoms with van der Waals surface area (Å²) >= 11 is -0.106. The van der Waals surface area contributed by atoms with Gasteiger partial charge in [-0.15, -0.1) is 6.58 Å². The summed E-state index contributed by atoms with van der Waals surface area (Å²) in [6.07, 6.45) is 1.75. The van der Waals surface area contributed by atoms with Gasteiger partial charge >= 0.3 is 35.0 Å². The number of allylic oxidation sites excluding steroid dienone is 1. The normalized spacial score (nSPS) is 5.83. The zero-order valence-electron chi connectivity index (χ0n) is 3.36. The van der Waals surface area contributed by atoms with E-state index in [-0.39, 0.29) is 15.9 Å². The van der Waals surface area contributed by atoms with Crippen LogP contribution in [-0.4, -0.2) is 0 Å². The molecule has 0 rings (SSSR count). The summed E-state index contributed by atoms with van der Waals surface area (Å²) in [4.78, 5) is 0. The maximum atomic E-state index is 4.81. The number of halogens is 2. The Hall–Kier alpha value is 0.982. The van der Waals surface area contributed by atoms with Crippen LogP contribution in [0.4, 0.5) is 0 Å². The fourth-order valence-electron chi connectivity index (χ4n) is 0. The molecule has 0 N–H and O–H groups in total. The molecule has 42 valence electrons. The quantitative estimate of drug-likeness (QED) is 0.434. The van der Waals surface area contributed by atoms with Gasteiger partial charge in [-0.25, -0.2) is 0 Å². The molecular weight excluding hydrogens is 213 g/mol. The summed E-state index contributed by atoms with van der Waals surface area (Å²) in [6, 6.07) is 0. The molecule has 0 fully saturated rings. The Morgan fingerprint density at radius 1 is 1.67 bits per heavy atom. The molecule has 0 spiro atoms.